The van der Waals surface area contributed by atoms with E-state index in [-0.39, 0.29) is 23.5 Å². The second-order valence-electron chi connectivity index (χ2n) is 5.00. The Hall–Kier alpha value is -0.860. The molecule has 14 heavy (non-hydrogen) atoms. The van der Waals surface area contributed by atoms with E-state index in [1.807, 2.05) is 0 Å². The standard InChI is InChI=1S/C11H21NO2/c1-9(13)8-10(14)12(5)7-6-11(2,3)4/h6-8H2,1-5H3. The Balaban J connectivity index is 3.90. The van der Waals surface area contributed by atoms with Gasteiger partial charge in [-0.1, -0.05) is 20.8 Å². The number of carbonyl (C=O) groups excluding carboxylic acids is 2. The minimum atomic E-state index is -0.0817. The van der Waals surface area contributed by atoms with Crippen LogP contribution >= 0.6 is 0 Å². The lowest BCUT2D eigenvalue weighted by atomic mass is 9.92. The molecule has 0 atom stereocenters. The maximum absolute atomic E-state index is 11.4. The first-order valence-electron chi connectivity index (χ1n) is 4.96. The number of carbonyl (C=O) groups is 2. The van der Waals surface area contributed by atoms with Crippen molar-refractivity contribution in [3.63, 3.8) is 0 Å². The molecule has 0 saturated carbocycles. The number of Topliss-reactive ketones (excluding diaryl/α,β-unsaturated/α-hetero) is 1. The van der Waals surface area contributed by atoms with Gasteiger partial charge in [-0.2, -0.15) is 0 Å². The maximum Gasteiger partial charge on any atom is 0.229 e. The molecule has 0 aliphatic rings. The van der Waals surface area contributed by atoms with Crippen molar-refractivity contribution < 1.29 is 9.59 Å². The van der Waals surface area contributed by atoms with Crippen LogP contribution in [0.15, 0.2) is 0 Å². The topological polar surface area (TPSA) is 37.4 Å². The van der Waals surface area contributed by atoms with Crippen LogP contribution in [-0.2, 0) is 9.59 Å². The highest BCUT2D eigenvalue weighted by atomic mass is 16.2. The minimum absolute atomic E-state index is 0.0284. The van der Waals surface area contributed by atoms with E-state index in [2.05, 4.69) is 20.8 Å². The zero-order chi connectivity index (χ0) is 11.4. The fourth-order valence-electron chi connectivity index (χ4n) is 0.976. The molecule has 0 N–H and O–H groups in total. The summed E-state index contributed by atoms with van der Waals surface area (Å²) in [6.07, 6.45) is 0.980. The molecule has 0 fully saturated rings. The van der Waals surface area contributed by atoms with Crippen molar-refractivity contribution in [1.82, 2.24) is 4.90 Å². The molecule has 0 spiro atoms. The van der Waals surface area contributed by atoms with E-state index in [1.165, 1.54) is 6.92 Å². The molecular formula is C11H21NO2. The van der Waals surface area contributed by atoms with Gasteiger partial charge in [-0.05, 0) is 18.8 Å². The van der Waals surface area contributed by atoms with Gasteiger partial charge < -0.3 is 4.90 Å². The molecule has 0 aliphatic heterocycles. The lowest BCUT2D eigenvalue weighted by Gasteiger charge is -2.23. The molecule has 0 heterocycles. The summed E-state index contributed by atoms with van der Waals surface area (Å²) in [7, 11) is 1.75. The van der Waals surface area contributed by atoms with Crippen LogP contribution in [0.2, 0.25) is 0 Å². The van der Waals surface area contributed by atoms with E-state index in [9.17, 15) is 9.59 Å². The first-order valence-corrected chi connectivity index (χ1v) is 4.96. The highest BCUT2D eigenvalue weighted by Gasteiger charge is 2.15. The van der Waals surface area contributed by atoms with E-state index in [0.29, 0.717) is 0 Å². The van der Waals surface area contributed by atoms with Gasteiger partial charge >= 0.3 is 0 Å². The fourth-order valence-corrected chi connectivity index (χ4v) is 0.976. The van der Waals surface area contributed by atoms with Gasteiger partial charge in [0.1, 0.15) is 5.78 Å². The van der Waals surface area contributed by atoms with Gasteiger partial charge in [0, 0.05) is 13.6 Å². The third-order valence-electron chi connectivity index (χ3n) is 2.02. The maximum atomic E-state index is 11.4. The van der Waals surface area contributed by atoms with Gasteiger partial charge in [-0.3, -0.25) is 9.59 Å². The SMILES string of the molecule is CC(=O)CC(=O)N(C)CCC(C)(C)C. The molecule has 0 rings (SSSR count). The second kappa shape index (κ2) is 5.13. The van der Waals surface area contributed by atoms with Crippen LogP contribution < -0.4 is 0 Å². The number of hydrogen-bond acceptors (Lipinski definition) is 2. The molecule has 1 amide bonds. The van der Waals surface area contributed by atoms with Crippen molar-refractivity contribution in [3.05, 3.63) is 0 Å². The number of amides is 1. The van der Waals surface area contributed by atoms with Crippen molar-refractivity contribution in [2.75, 3.05) is 13.6 Å². The Labute approximate surface area is 86.5 Å². The lowest BCUT2D eigenvalue weighted by Crippen LogP contribution is -2.31. The predicted octanol–water partition coefficient (Wildman–Crippen LogP) is 1.86. The van der Waals surface area contributed by atoms with Gasteiger partial charge in [-0.15, -0.1) is 0 Å². The third-order valence-corrected chi connectivity index (χ3v) is 2.02. The van der Waals surface area contributed by atoms with Crippen LogP contribution in [0.25, 0.3) is 0 Å². The van der Waals surface area contributed by atoms with Crippen molar-refractivity contribution >= 4 is 11.7 Å². The summed E-state index contributed by atoms with van der Waals surface area (Å²) in [5.41, 5.74) is 0.227. The zero-order valence-electron chi connectivity index (χ0n) is 9.89. The summed E-state index contributed by atoms with van der Waals surface area (Å²) in [4.78, 5) is 23.7. The number of nitrogens with zero attached hydrogens (tertiary/aromatic N) is 1. The quantitative estimate of drug-likeness (QED) is 0.648. The summed E-state index contributed by atoms with van der Waals surface area (Å²) < 4.78 is 0. The molecule has 0 aromatic carbocycles. The average molecular weight is 199 g/mol. The van der Waals surface area contributed by atoms with Crippen molar-refractivity contribution in [3.8, 4) is 0 Å². The average Bonchev–Trinajstić information content (AvgIpc) is 1.97. The van der Waals surface area contributed by atoms with Gasteiger partial charge in [-0.25, -0.2) is 0 Å². The summed E-state index contributed by atoms with van der Waals surface area (Å²) >= 11 is 0. The monoisotopic (exact) mass is 199 g/mol. The van der Waals surface area contributed by atoms with Crippen LogP contribution in [0.3, 0.4) is 0 Å². The summed E-state index contributed by atoms with van der Waals surface area (Å²) in [5.74, 6) is -0.153. The summed E-state index contributed by atoms with van der Waals surface area (Å²) in [6.45, 7) is 8.56. The Kier molecular flexibility index (Phi) is 4.81. The Morgan fingerprint density at radius 1 is 1.21 bits per heavy atom. The Bertz CT molecular complexity index is 216. The van der Waals surface area contributed by atoms with Crippen LogP contribution in [0.1, 0.15) is 40.5 Å². The molecule has 0 unspecified atom stereocenters. The first kappa shape index (κ1) is 13.1. The second-order valence-corrected chi connectivity index (χ2v) is 5.00. The van der Waals surface area contributed by atoms with Crippen molar-refractivity contribution in [1.29, 1.82) is 0 Å². The zero-order valence-corrected chi connectivity index (χ0v) is 9.89. The van der Waals surface area contributed by atoms with Crippen LogP contribution in [0.4, 0.5) is 0 Å². The van der Waals surface area contributed by atoms with Crippen molar-refractivity contribution in [2.24, 2.45) is 5.41 Å². The molecule has 0 aliphatic carbocycles. The molecular weight excluding hydrogens is 178 g/mol. The van der Waals surface area contributed by atoms with E-state index in [1.54, 1.807) is 11.9 Å². The van der Waals surface area contributed by atoms with Crippen LogP contribution in [-0.4, -0.2) is 30.2 Å². The normalized spacial score (nSPS) is 11.2. The van der Waals surface area contributed by atoms with Gasteiger partial charge in [0.15, 0.2) is 0 Å². The lowest BCUT2D eigenvalue weighted by molar-refractivity contribution is -0.133. The molecule has 0 aromatic heterocycles. The minimum Gasteiger partial charge on any atom is -0.345 e. The molecule has 0 bridgehead atoms. The summed E-state index contributed by atoms with van der Waals surface area (Å²) in [5, 5.41) is 0. The largest absolute Gasteiger partial charge is 0.345 e. The van der Waals surface area contributed by atoms with E-state index >= 15 is 0 Å². The van der Waals surface area contributed by atoms with Gasteiger partial charge in [0.05, 0.1) is 6.42 Å². The summed E-state index contributed by atoms with van der Waals surface area (Å²) in [6, 6.07) is 0. The fraction of sp³-hybridized carbons (Fsp3) is 0.818. The highest BCUT2D eigenvalue weighted by molar-refractivity contribution is 5.96. The predicted molar refractivity (Wildman–Crippen MR) is 57.0 cm³/mol. The first-order chi connectivity index (χ1) is 6.22. The van der Waals surface area contributed by atoms with E-state index in [0.717, 1.165) is 13.0 Å². The van der Waals surface area contributed by atoms with Crippen molar-refractivity contribution in [2.45, 2.75) is 40.5 Å². The third kappa shape index (κ3) is 6.63. The van der Waals surface area contributed by atoms with E-state index in [4.69, 9.17) is 0 Å². The smallest absolute Gasteiger partial charge is 0.229 e. The number of ketones is 1. The van der Waals surface area contributed by atoms with Crippen LogP contribution in [0.5, 0.6) is 0 Å². The molecule has 0 saturated heterocycles. The van der Waals surface area contributed by atoms with Gasteiger partial charge in [0.25, 0.3) is 0 Å². The number of hydrogen-bond donors (Lipinski definition) is 0. The Morgan fingerprint density at radius 2 is 1.71 bits per heavy atom. The van der Waals surface area contributed by atoms with Gasteiger partial charge in [0.2, 0.25) is 5.91 Å². The molecule has 3 heteroatoms. The van der Waals surface area contributed by atoms with E-state index < -0.39 is 0 Å². The van der Waals surface area contributed by atoms with Crippen LogP contribution in [0, 0.1) is 5.41 Å². The molecule has 82 valence electrons. The molecule has 0 radical (unpaired) electrons. The molecule has 0 aromatic rings. The Morgan fingerprint density at radius 3 is 2.07 bits per heavy atom. The highest BCUT2D eigenvalue weighted by Crippen LogP contribution is 2.18. The molecule has 3 nitrogen and oxygen atoms in total. The number of rotatable bonds is 4.